The molecule has 1 atom stereocenters. The average molecular weight is 208 g/mol. The molecule has 1 aliphatic rings. The van der Waals surface area contributed by atoms with Crippen molar-refractivity contribution in [2.45, 2.75) is 4.90 Å². The third kappa shape index (κ3) is 1.46. The van der Waals surface area contributed by atoms with Gasteiger partial charge in [0.1, 0.15) is 0 Å². The molecule has 0 saturated heterocycles. The standard InChI is InChI=1S/C9H8N2O2S/c10-9(12)6-1-2-7-8(5-6)14(13)4-3-11-7/h1-3,5H,4H2,(H2,10,12). The van der Waals surface area contributed by atoms with Crippen molar-refractivity contribution in [2.24, 2.45) is 10.7 Å². The molecule has 72 valence electrons. The first-order valence-electron chi connectivity index (χ1n) is 4.03. The lowest BCUT2D eigenvalue weighted by Crippen LogP contribution is -2.12. The number of amides is 1. The molecule has 0 aliphatic carbocycles. The Morgan fingerprint density at radius 1 is 1.50 bits per heavy atom. The number of nitrogens with two attached hydrogens (primary N) is 1. The van der Waals surface area contributed by atoms with E-state index in [1.165, 1.54) is 0 Å². The normalized spacial score (nSPS) is 19.0. The van der Waals surface area contributed by atoms with Crippen LogP contribution in [-0.2, 0) is 10.8 Å². The number of carbonyl (C=O) groups excluding carboxylic acids is 1. The van der Waals surface area contributed by atoms with Crippen LogP contribution in [0.3, 0.4) is 0 Å². The number of nitrogens with zero attached hydrogens (tertiary/aromatic N) is 1. The van der Waals surface area contributed by atoms with Gasteiger partial charge in [-0.05, 0) is 18.2 Å². The maximum atomic E-state index is 11.5. The first-order chi connectivity index (χ1) is 6.68. The molecule has 0 radical (unpaired) electrons. The molecule has 5 heteroatoms. The summed E-state index contributed by atoms with van der Waals surface area (Å²) in [6.45, 7) is 0. The van der Waals surface area contributed by atoms with Gasteiger partial charge in [0.25, 0.3) is 0 Å². The summed E-state index contributed by atoms with van der Waals surface area (Å²) in [5.41, 5.74) is 6.14. The lowest BCUT2D eigenvalue weighted by molar-refractivity contribution is 0.1000. The smallest absolute Gasteiger partial charge is 0.248 e. The fourth-order valence-electron chi connectivity index (χ4n) is 1.25. The Morgan fingerprint density at radius 2 is 2.29 bits per heavy atom. The predicted octanol–water partition coefficient (Wildman–Crippen LogP) is 0.609. The molecule has 1 aliphatic heterocycles. The lowest BCUT2D eigenvalue weighted by atomic mass is 10.2. The second kappa shape index (κ2) is 3.34. The molecule has 4 nitrogen and oxygen atoms in total. The molecule has 0 saturated carbocycles. The van der Waals surface area contributed by atoms with E-state index in [0.717, 1.165) is 0 Å². The highest BCUT2D eigenvalue weighted by Crippen LogP contribution is 2.26. The van der Waals surface area contributed by atoms with E-state index < -0.39 is 16.7 Å². The summed E-state index contributed by atoms with van der Waals surface area (Å²) in [4.78, 5) is 15.5. The Kier molecular flexibility index (Phi) is 2.17. The molecule has 14 heavy (non-hydrogen) atoms. The third-order valence-electron chi connectivity index (χ3n) is 1.95. The van der Waals surface area contributed by atoms with Gasteiger partial charge in [-0.25, -0.2) is 0 Å². The Bertz CT molecular complexity index is 454. The second-order valence-electron chi connectivity index (χ2n) is 2.87. The van der Waals surface area contributed by atoms with Crippen LogP contribution in [0, 0.1) is 0 Å². The average Bonchev–Trinajstić information content (AvgIpc) is 2.18. The van der Waals surface area contributed by atoms with Crippen molar-refractivity contribution < 1.29 is 9.00 Å². The summed E-state index contributed by atoms with van der Waals surface area (Å²) in [7, 11) is -1.10. The summed E-state index contributed by atoms with van der Waals surface area (Å²) in [5.74, 6) is -0.116. The molecular formula is C9H8N2O2S. The molecule has 0 spiro atoms. The van der Waals surface area contributed by atoms with Gasteiger partial charge < -0.3 is 5.73 Å². The molecule has 1 aromatic carbocycles. The highest BCUT2D eigenvalue weighted by molar-refractivity contribution is 7.86. The minimum absolute atomic E-state index is 0.370. The third-order valence-corrected chi connectivity index (χ3v) is 3.22. The lowest BCUT2D eigenvalue weighted by Gasteiger charge is -2.09. The van der Waals surface area contributed by atoms with Crippen LogP contribution in [-0.4, -0.2) is 22.1 Å². The maximum absolute atomic E-state index is 11.5. The summed E-state index contributed by atoms with van der Waals surface area (Å²) in [6.07, 6.45) is 1.61. The molecule has 1 heterocycles. The molecular weight excluding hydrogens is 200 g/mol. The van der Waals surface area contributed by atoms with Crippen LogP contribution in [0.1, 0.15) is 10.4 Å². The van der Waals surface area contributed by atoms with Crippen molar-refractivity contribution in [3.63, 3.8) is 0 Å². The van der Waals surface area contributed by atoms with Crippen molar-refractivity contribution in [1.29, 1.82) is 0 Å². The summed E-state index contributed by atoms with van der Waals surface area (Å²) in [5, 5.41) is 0. The molecule has 1 aromatic rings. The predicted molar refractivity (Wildman–Crippen MR) is 54.4 cm³/mol. The zero-order chi connectivity index (χ0) is 10.1. The quantitative estimate of drug-likeness (QED) is 0.734. The van der Waals surface area contributed by atoms with Crippen molar-refractivity contribution in [3.05, 3.63) is 23.8 Å². The number of primary amides is 1. The summed E-state index contributed by atoms with van der Waals surface area (Å²) in [6, 6.07) is 4.79. The Labute approximate surface area is 83.3 Å². The topological polar surface area (TPSA) is 72.5 Å². The van der Waals surface area contributed by atoms with Crippen molar-refractivity contribution >= 4 is 28.6 Å². The number of hydrogen-bond acceptors (Lipinski definition) is 3. The van der Waals surface area contributed by atoms with Gasteiger partial charge in [-0.2, -0.15) is 0 Å². The van der Waals surface area contributed by atoms with E-state index in [1.807, 2.05) is 0 Å². The van der Waals surface area contributed by atoms with E-state index >= 15 is 0 Å². The highest BCUT2D eigenvalue weighted by atomic mass is 32.2. The van der Waals surface area contributed by atoms with Crippen molar-refractivity contribution in [2.75, 3.05) is 5.75 Å². The maximum Gasteiger partial charge on any atom is 0.248 e. The van der Waals surface area contributed by atoms with E-state index in [4.69, 9.17) is 5.73 Å². The van der Waals surface area contributed by atoms with Gasteiger partial charge in [0.05, 0.1) is 27.1 Å². The molecule has 0 aromatic heterocycles. The summed E-state index contributed by atoms with van der Waals surface area (Å²) >= 11 is 0. The van der Waals surface area contributed by atoms with Crippen LogP contribution in [0.2, 0.25) is 0 Å². The first-order valence-corrected chi connectivity index (χ1v) is 5.35. The second-order valence-corrected chi connectivity index (χ2v) is 4.33. The highest BCUT2D eigenvalue weighted by Gasteiger charge is 2.14. The van der Waals surface area contributed by atoms with Gasteiger partial charge in [0, 0.05) is 11.8 Å². The van der Waals surface area contributed by atoms with Gasteiger partial charge in [-0.15, -0.1) is 0 Å². The van der Waals surface area contributed by atoms with E-state index in [-0.39, 0.29) is 0 Å². The van der Waals surface area contributed by atoms with Crippen molar-refractivity contribution in [3.8, 4) is 0 Å². The number of benzene rings is 1. The molecule has 1 amide bonds. The van der Waals surface area contributed by atoms with E-state index in [0.29, 0.717) is 21.9 Å². The van der Waals surface area contributed by atoms with Gasteiger partial charge >= 0.3 is 0 Å². The number of rotatable bonds is 1. The number of aliphatic imine (C=N–C) groups is 1. The van der Waals surface area contributed by atoms with E-state index in [9.17, 15) is 9.00 Å². The zero-order valence-corrected chi connectivity index (χ0v) is 8.08. The first kappa shape index (κ1) is 9.08. The van der Waals surface area contributed by atoms with Gasteiger partial charge in [-0.3, -0.25) is 14.0 Å². The van der Waals surface area contributed by atoms with Crippen molar-refractivity contribution in [1.82, 2.24) is 0 Å². The monoisotopic (exact) mass is 208 g/mol. The SMILES string of the molecule is NC(=O)c1ccc2c(c1)S(=O)CC=N2. The van der Waals surface area contributed by atoms with Gasteiger partial charge in [-0.1, -0.05) is 0 Å². The minimum Gasteiger partial charge on any atom is -0.366 e. The van der Waals surface area contributed by atoms with Crippen LogP contribution < -0.4 is 5.73 Å². The van der Waals surface area contributed by atoms with Crippen LogP contribution in [0.4, 0.5) is 5.69 Å². The molecule has 0 bridgehead atoms. The van der Waals surface area contributed by atoms with Crippen LogP contribution in [0.15, 0.2) is 28.1 Å². The van der Waals surface area contributed by atoms with Crippen LogP contribution in [0.25, 0.3) is 0 Å². The molecule has 0 fully saturated rings. The van der Waals surface area contributed by atoms with Crippen LogP contribution >= 0.6 is 0 Å². The van der Waals surface area contributed by atoms with Crippen LogP contribution in [0.5, 0.6) is 0 Å². The molecule has 2 N–H and O–H groups in total. The Hall–Kier alpha value is -1.49. The number of carbonyl (C=O) groups is 1. The largest absolute Gasteiger partial charge is 0.366 e. The minimum atomic E-state index is -1.10. The fraction of sp³-hybridized carbons (Fsp3) is 0.111. The van der Waals surface area contributed by atoms with E-state index in [1.54, 1.807) is 24.4 Å². The molecule has 1 unspecified atom stereocenters. The molecule has 2 rings (SSSR count). The Morgan fingerprint density at radius 3 is 3.00 bits per heavy atom. The number of hydrogen-bond donors (Lipinski definition) is 1. The summed E-state index contributed by atoms with van der Waals surface area (Å²) < 4.78 is 11.5. The Balaban J connectivity index is 2.57. The number of fused-ring (bicyclic) bond motifs is 1. The van der Waals surface area contributed by atoms with Gasteiger partial charge in [0.15, 0.2) is 0 Å². The fourth-order valence-corrected chi connectivity index (χ4v) is 2.25. The van der Waals surface area contributed by atoms with Gasteiger partial charge in [0.2, 0.25) is 5.91 Å². The zero-order valence-electron chi connectivity index (χ0n) is 7.27. The van der Waals surface area contributed by atoms with E-state index in [2.05, 4.69) is 4.99 Å².